The van der Waals surface area contributed by atoms with Gasteiger partial charge in [0.15, 0.2) is 5.78 Å². The second-order valence-corrected chi connectivity index (χ2v) is 9.00. The predicted molar refractivity (Wildman–Crippen MR) is 127 cm³/mol. The van der Waals surface area contributed by atoms with Crippen molar-refractivity contribution in [2.45, 2.75) is 31.7 Å². The number of hydrogen-bond donors (Lipinski definition) is 0. The van der Waals surface area contributed by atoms with Gasteiger partial charge in [-0.25, -0.2) is 0 Å². The molecule has 1 aliphatic carbocycles. The van der Waals surface area contributed by atoms with Gasteiger partial charge < -0.3 is 9.80 Å². The molecule has 0 atom stereocenters. The van der Waals surface area contributed by atoms with E-state index in [1.165, 1.54) is 31.7 Å². The summed E-state index contributed by atoms with van der Waals surface area (Å²) in [5.41, 5.74) is 1.08. The lowest BCUT2D eigenvalue weighted by molar-refractivity contribution is -0.384. The number of nitro groups is 1. The fourth-order valence-electron chi connectivity index (χ4n) is 4.94. The van der Waals surface area contributed by atoms with Crippen molar-refractivity contribution in [2.75, 3.05) is 45.2 Å². The third-order valence-corrected chi connectivity index (χ3v) is 6.76. The zero-order chi connectivity index (χ0) is 23.5. The van der Waals surface area contributed by atoms with Crippen molar-refractivity contribution in [1.29, 1.82) is 0 Å². The van der Waals surface area contributed by atoms with Gasteiger partial charge in [-0.15, -0.1) is 0 Å². The van der Waals surface area contributed by atoms with Crippen LogP contribution in [0.4, 0.5) is 11.4 Å². The average Bonchev–Trinajstić information content (AvgIpc) is 3.38. The number of piperazine rings is 1. The second-order valence-electron chi connectivity index (χ2n) is 9.00. The van der Waals surface area contributed by atoms with Crippen LogP contribution in [0.15, 0.2) is 42.5 Å². The zero-order valence-corrected chi connectivity index (χ0v) is 19.2. The van der Waals surface area contributed by atoms with Gasteiger partial charge in [0.1, 0.15) is 5.69 Å². The second kappa shape index (κ2) is 9.70. The molecule has 0 bridgehead atoms. The van der Waals surface area contributed by atoms with Crippen LogP contribution in [0.3, 0.4) is 0 Å². The Morgan fingerprint density at radius 3 is 2.21 bits per heavy atom. The largest absolute Gasteiger partial charge is 0.372 e. The first-order chi connectivity index (χ1) is 15.9. The molecule has 1 aliphatic heterocycles. The number of anilines is 1. The number of nitrogens with zero attached hydrogens (tertiary/aromatic N) is 4. The van der Waals surface area contributed by atoms with Crippen LogP contribution in [0.1, 0.15) is 52.0 Å². The highest BCUT2D eigenvalue weighted by molar-refractivity contribution is 6.15. The van der Waals surface area contributed by atoms with Crippen molar-refractivity contribution in [3.63, 3.8) is 0 Å². The van der Waals surface area contributed by atoms with Gasteiger partial charge in [-0.2, -0.15) is 0 Å². The molecule has 4 rings (SSSR count). The third kappa shape index (κ3) is 4.75. The lowest BCUT2D eigenvalue weighted by Crippen LogP contribution is -2.51. The van der Waals surface area contributed by atoms with Crippen molar-refractivity contribution in [2.24, 2.45) is 0 Å². The quantitative estimate of drug-likeness (QED) is 0.380. The summed E-state index contributed by atoms with van der Waals surface area (Å²) in [6.45, 7) is 2.98. The topological polar surface area (TPSA) is 87.0 Å². The summed E-state index contributed by atoms with van der Waals surface area (Å²) in [5, 5.41) is 11.5. The van der Waals surface area contributed by atoms with Crippen molar-refractivity contribution in [3.05, 3.63) is 69.3 Å². The van der Waals surface area contributed by atoms with Crippen LogP contribution < -0.4 is 4.90 Å². The number of amides is 1. The molecule has 2 aromatic rings. The Morgan fingerprint density at radius 2 is 1.61 bits per heavy atom. The van der Waals surface area contributed by atoms with E-state index in [1.54, 1.807) is 55.4 Å². The molecule has 2 aromatic carbocycles. The molecular weight excluding hydrogens is 420 g/mol. The van der Waals surface area contributed by atoms with E-state index in [4.69, 9.17) is 0 Å². The van der Waals surface area contributed by atoms with Crippen molar-refractivity contribution < 1.29 is 14.5 Å². The molecular formula is C25H30N4O4. The van der Waals surface area contributed by atoms with Gasteiger partial charge in [-0.05, 0) is 31.0 Å². The Labute approximate surface area is 193 Å². The average molecular weight is 451 g/mol. The Hall–Kier alpha value is -3.26. The van der Waals surface area contributed by atoms with E-state index >= 15 is 0 Å². The minimum Gasteiger partial charge on any atom is -0.372 e. The van der Waals surface area contributed by atoms with Gasteiger partial charge in [0.25, 0.3) is 11.6 Å². The highest BCUT2D eigenvalue weighted by Crippen LogP contribution is 2.29. The Kier molecular flexibility index (Phi) is 6.74. The van der Waals surface area contributed by atoms with E-state index in [0.717, 1.165) is 13.1 Å². The maximum Gasteiger partial charge on any atom is 0.293 e. The van der Waals surface area contributed by atoms with Crippen LogP contribution in [-0.2, 0) is 0 Å². The molecule has 0 spiro atoms. The van der Waals surface area contributed by atoms with E-state index in [0.29, 0.717) is 30.4 Å². The number of carbonyl (C=O) groups is 2. The molecule has 33 heavy (non-hydrogen) atoms. The van der Waals surface area contributed by atoms with Crippen LogP contribution in [-0.4, -0.2) is 72.7 Å². The normalized spacial score (nSPS) is 17.2. The molecule has 1 amide bonds. The van der Waals surface area contributed by atoms with Crippen LogP contribution in [0.25, 0.3) is 0 Å². The first kappa shape index (κ1) is 22.9. The van der Waals surface area contributed by atoms with Crippen LogP contribution >= 0.6 is 0 Å². The summed E-state index contributed by atoms with van der Waals surface area (Å²) in [5.74, 6) is -0.554. The van der Waals surface area contributed by atoms with E-state index in [2.05, 4.69) is 4.90 Å². The minimum absolute atomic E-state index is 0.141. The lowest BCUT2D eigenvalue weighted by Gasteiger charge is -2.38. The van der Waals surface area contributed by atoms with Crippen LogP contribution in [0.2, 0.25) is 0 Å². The molecule has 0 unspecified atom stereocenters. The molecule has 0 aromatic heterocycles. The smallest absolute Gasteiger partial charge is 0.293 e. The molecule has 174 valence electrons. The molecule has 0 radical (unpaired) electrons. The van der Waals surface area contributed by atoms with Crippen molar-refractivity contribution in [1.82, 2.24) is 9.80 Å². The highest BCUT2D eigenvalue weighted by Gasteiger charge is 2.30. The summed E-state index contributed by atoms with van der Waals surface area (Å²) < 4.78 is 0. The summed E-state index contributed by atoms with van der Waals surface area (Å²) in [4.78, 5) is 43.6. The maximum atomic E-state index is 13.3. The summed E-state index contributed by atoms with van der Waals surface area (Å²) in [6.07, 6.45) is 5.05. The van der Waals surface area contributed by atoms with E-state index < -0.39 is 10.7 Å². The number of rotatable bonds is 6. The number of nitro benzene ring substituents is 1. The van der Waals surface area contributed by atoms with Gasteiger partial charge in [0.05, 0.1) is 10.5 Å². The van der Waals surface area contributed by atoms with Gasteiger partial charge in [-0.1, -0.05) is 31.0 Å². The summed E-state index contributed by atoms with van der Waals surface area (Å²) in [7, 11) is 3.43. The van der Waals surface area contributed by atoms with E-state index in [9.17, 15) is 19.7 Å². The van der Waals surface area contributed by atoms with Gasteiger partial charge in [0, 0.05) is 63.5 Å². The van der Waals surface area contributed by atoms with Gasteiger partial charge >= 0.3 is 0 Å². The van der Waals surface area contributed by atoms with Gasteiger partial charge in [0.2, 0.25) is 0 Å². The van der Waals surface area contributed by atoms with Crippen molar-refractivity contribution in [3.8, 4) is 0 Å². The van der Waals surface area contributed by atoms with E-state index in [-0.39, 0.29) is 22.7 Å². The molecule has 0 N–H and O–H groups in total. The molecule has 2 aliphatic rings. The number of benzene rings is 2. The fraction of sp³-hybridized carbons (Fsp3) is 0.440. The summed E-state index contributed by atoms with van der Waals surface area (Å²) >= 11 is 0. The number of ketones is 1. The predicted octanol–water partition coefficient (Wildman–Crippen LogP) is 3.59. The van der Waals surface area contributed by atoms with Crippen LogP contribution in [0, 0.1) is 10.1 Å². The molecule has 1 saturated heterocycles. The Balaban J connectivity index is 1.55. The Morgan fingerprint density at radius 1 is 0.970 bits per heavy atom. The van der Waals surface area contributed by atoms with Crippen molar-refractivity contribution >= 4 is 23.1 Å². The molecule has 8 nitrogen and oxygen atoms in total. The zero-order valence-electron chi connectivity index (χ0n) is 19.2. The number of hydrogen-bond acceptors (Lipinski definition) is 6. The first-order valence-corrected chi connectivity index (χ1v) is 11.5. The monoisotopic (exact) mass is 450 g/mol. The molecule has 1 saturated carbocycles. The molecule has 1 heterocycles. The SMILES string of the molecule is CN(C)c1ccc(C(=O)c2ccccc2C(=O)N2CCN(C3CCCC3)CC2)cc1[N+](=O)[O-]. The standard InChI is InChI=1S/C25H30N4O4/c1-26(2)22-12-11-18(17-23(22)29(32)33)24(30)20-9-5-6-10-21(20)25(31)28-15-13-27(14-16-28)19-7-3-4-8-19/h5-6,9-12,17,19H,3-4,7-8,13-16H2,1-2H3. The first-order valence-electron chi connectivity index (χ1n) is 11.5. The summed E-state index contributed by atoms with van der Waals surface area (Å²) in [6, 6.07) is 11.8. The van der Waals surface area contributed by atoms with Crippen LogP contribution in [0.5, 0.6) is 0 Å². The fourth-order valence-corrected chi connectivity index (χ4v) is 4.94. The Bertz CT molecular complexity index is 1050. The molecule has 2 fully saturated rings. The number of carbonyl (C=O) groups excluding carboxylic acids is 2. The van der Waals surface area contributed by atoms with E-state index in [1.807, 2.05) is 4.90 Å². The minimum atomic E-state index is -0.493. The third-order valence-electron chi connectivity index (χ3n) is 6.76. The highest BCUT2D eigenvalue weighted by atomic mass is 16.6. The van der Waals surface area contributed by atoms with Gasteiger partial charge in [-0.3, -0.25) is 24.6 Å². The maximum absolute atomic E-state index is 13.3. The molecule has 8 heteroatoms. The lowest BCUT2D eigenvalue weighted by atomic mass is 9.96.